The first-order valence-corrected chi connectivity index (χ1v) is 14.5. The number of aromatic nitrogens is 5. The van der Waals surface area contributed by atoms with E-state index in [2.05, 4.69) is 47.4 Å². The molecule has 0 saturated heterocycles. The molecule has 1 aliphatic carbocycles. The molecule has 9 rings (SSSR count). The van der Waals surface area contributed by atoms with Crippen LogP contribution in [0, 0.1) is 0 Å². The van der Waals surface area contributed by atoms with Gasteiger partial charge in [0.2, 0.25) is 0 Å². The monoisotopic (exact) mass is 565 g/mol. The number of benzene rings is 5. The minimum Gasteiger partial charge on any atom is -0.456 e. The van der Waals surface area contributed by atoms with E-state index in [0.29, 0.717) is 17.5 Å². The first-order chi connectivity index (χ1) is 21.8. The van der Waals surface area contributed by atoms with Gasteiger partial charge in [-0.25, -0.2) is 24.9 Å². The molecule has 0 unspecified atom stereocenters. The molecule has 206 valence electrons. The molecular formula is C38H23N5O. The zero-order chi connectivity index (χ0) is 29.0. The molecule has 5 aromatic carbocycles. The topological polar surface area (TPSA) is 77.6 Å². The number of hydrogen-bond donors (Lipinski definition) is 0. The van der Waals surface area contributed by atoms with Gasteiger partial charge in [0.25, 0.3) is 0 Å². The van der Waals surface area contributed by atoms with Crippen LogP contribution in [0.15, 0.2) is 132 Å². The minimum absolute atomic E-state index is 0.608. The van der Waals surface area contributed by atoms with Crippen molar-refractivity contribution in [3.8, 4) is 56.7 Å². The summed E-state index contributed by atoms with van der Waals surface area (Å²) in [6.07, 6.45) is 2.49. The van der Waals surface area contributed by atoms with Gasteiger partial charge in [-0.1, -0.05) is 84.9 Å². The Morgan fingerprint density at radius 2 is 1.02 bits per heavy atom. The molecule has 0 bridgehead atoms. The van der Waals surface area contributed by atoms with E-state index in [1.807, 2.05) is 78.9 Å². The zero-order valence-corrected chi connectivity index (χ0v) is 23.5. The molecule has 6 nitrogen and oxygen atoms in total. The van der Waals surface area contributed by atoms with Crippen molar-refractivity contribution < 1.29 is 4.42 Å². The second-order valence-electron chi connectivity index (χ2n) is 10.9. The number of hydrogen-bond acceptors (Lipinski definition) is 6. The van der Waals surface area contributed by atoms with Crippen LogP contribution in [0.3, 0.4) is 0 Å². The van der Waals surface area contributed by atoms with Crippen LogP contribution in [0.25, 0.3) is 78.6 Å². The van der Waals surface area contributed by atoms with Gasteiger partial charge < -0.3 is 4.42 Å². The van der Waals surface area contributed by atoms with Crippen molar-refractivity contribution in [3.05, 3.63) is 139 Å². The smallest absolute Gasteiger partial charge is 0.164 e. The average Bonchev–Trinajstić information content (AvgIpc) is 3.66. The van der Waals surface area contributed by atoms with Crippen molar-refractivity contribution in [3.63, 3.8) is 0 Å². The predicted molar refractivity (Wildman–Crippen MR) is 173 cm³/mol. The molecular weight excluding hydrogens is 542 g/mol. The lowest BCUT2D eigenvalue weighted by molar-refractivity contribution is 0.669. The third-order valence-electron chi connectivity index (χ3n) is 8.29. The van der Waals surface area contributed by atoms with Crippen LogP contribution < -0.4 is 0 Å². The standard InChI is InChI=1S/C38H23N5O/c1-3-9-23(10-4-1)36-41-37(24-11-5-2-6-12-24)43-38(42-36)27-16-18-33-30(21-27)29-20-26(15-17-32(29)44-33)34-31-19-25-13-7-8-14-28(25)35(31)40-22-39-34/h1-18,20-22H,19H2. The van der Waals surface area contributed by atoms with E-state index < -0.39 is 0 Å². The number of fused-ring (bicyclic) bond motifs is 6. The average molecular weight is 566 g/mol. The van der Waals surface area contributed by atoms with E-state index in [0.717, 1.165) is 67.6 Å². The number of furan rings is 1. The van der Waals surface area contributed by atoms with Crippen molar-refractivity contribution in [2.45, 2.75) is 6.42 Å². The van der Waals surface area contributed by atoms with E-state index in [1.165, 1.54) is 11.1 Å². The molecule has 8 aromatic rings. The van der Waals surface area contributed by atoms with Crippen LogP contribution in [0.1, 0.15) is 11.1 Å². The van der Waals surface area contributed by atoms with Crippen molar-refractivity contribution in [1.29, 1.82) is 0 Å². The van der Waals surface area contributed by atoms with Crippen molar-refractivity contribution in [2.24, 2.45) is 0 Å². The van der Waals surface area contributed by atoms with Crippen LogP contribution in [0.2, 0.25) is 0 Å². The summed E-state index contributed by atoms with van der Waals surface area (Å²) in [5.41, 5.74) is 11.0. The molecule has 44 heavy (non-hydrogen) atoms. The van der Waals surface area contributed by atoms with Crippen molar-refractivity contribution >= 4 is 21.9 Å². The van der Waals surface area contributed by atoms with Gasteiger partial charge in [-0.15, -0.1) is 0 Å². The molecule has 0 saturated carbocycles. The highest BCUT2D eigenvalue weighted by atomic mass is 16.3. The van der Waals surface area contributed by atoms with Gasteiger partial charge in [0.15, 0.2) is 17.5 Å². The van der Waals surface area contributed by atoms with Crippen LogP contribution in [-0.2, 0) is 6.42 Å². The Morgan fingerprint density at radius 1 is 0.477 bits per heavy atom. The van der Waals surface area contributed by atoms with E-state index >= 15 is 0 Å². The fourth-order valence-electron chi connectivity index (χ4n) is 6.16. The molecule has 3 aromatic heterocycles. The molecule has 1 aliphatic rings. The summed E-state index contributed by atoms with van der Waals surface area (Å²) >= 11 is 0. The summed E-state index contributed by atoms with van der Waals surface area (Å²) in [6.45, 7) is 0. The molecule has 0 aliphatic heterocycles. The van der Waals surface area contributed by atoms with Crippen LogP contribution in [0.4, 0.5) is 0 Å². The highest BCUT2D eigenvalue weighted by Crippen LogP contribution is 2.41. The normalized spacial score (nSPS) is 12.0. The van der Waals surface area contributed by atoms with Gasteiger partial charge in [-0.05, 0) is 42.0 Å². The summed E-state index contributed by atoms with van der Waals surface area (Å²) in [4.78, 5) is 24.1. The van der Waals surface area contributed by atoms with Gasteiger partial charge in [0.1, 0.15) is 17.5 Å². The fraction of sp³-hybridized carbons (Fsp3) is 0.0263. The first-order valence-electron chi connectivity index (χ1n) is 14.5. The summed E-state index contributed by atoms with van der Waals surface area (Å²) in [7, 11) is 0. The Morgan fingerprint density at radius 3 is 1.70 bits per heavy atom. The predicted octanol–water partition coefficient (Wildman–Crippen LogP) is 8.80. The molecule has 0 fully saturated rings. The third kappa shape index (κ3) is 4.00. The molecule has 0 N–H and O–H groups in total. The highest BCUT2D eigenvalue weighted by Gasteiger charge is 2.24. The summed E-state index contributed by atoms with van der Waals surface area (Å²) in [6, 6.07) is 40.9. The van der Waals surface area contributed by atoms with E-state index in [-0.39, 0.29) is 0 Å². The Bertz CT molecular complexity index is 2310. The molecule has 0 atom stereocenters. The highest BCUT2D eigenvalue weighted by molar-refractivity contribution is 6.07. The Kier molecular flexibility index (Phi) is 5.46. The van der Waals surface area contributed by atoms with Gasteiger partial charge >= 0.3 is 0 Å². The number of nitrogens with zero attached hydrogens (tertiary/aromatic N) is 5. The Labute approximate surface area is 252 Å². The maximum atomic E-state index is 6.28. The van der Waals surface area contributed by atoms with Crippen molar-refractivity contribution in [1.82, 2.24) is 24.9 Å². The molecule has 6 heteroatoms. The minimum atomic E-state index is 0.608. The third-order valence-corrected chi connectivity index (χ3v) is 8.29. The Hall–Kier alpha value is -6.01. The summed E-state index contributed by atoms with van der Waals surface area (Å²) in [5.74, 6) is 1.87. The molecule has 3 heterocycles. The zero-order valence-electron chi connectivity index (χ0n) is 23.5. The first kappa shape index (κ1) is 24.6. The largest absolute Gasteiger partial charge is 0.456 e. The van der Waals surface area contributed by atoms with E-state index in [4.69, 9.17) is 24.4 Å². The molecule has 0 spiro atoms. The maximum Gasteiger partial charge on any atom is 0.164 e. The molecule has 0 radical (unpaired) electrons. The fourth-order valence-corrected chi connectivity index (χ4v) is 6.16. The quantitative estimate of drug-likeness (QED) is 0.212. The van der Waals surface area contributed by atoms with Crippen LogP contribution in [0.5, 0.6) is 0 Å². The van der Waals surface area contributed by atoms with E-state index in [9.17, 15) is 0 Å². The van der Waals surface area contributed by atoms with Crippen molar-refractivity contribution in [2.75, 3.05) is 0 Å². The SMILES string of the molecule is c1ccc(-c2nc(-c3ccccc3)nc(-c3ccc4oc5ccc(-c6ncnc7c6Cc6ccccc6-7)cc5c4c3)n2)cc1. The Balaban J connectivity index is 1.19. The lowest BCUT2D eigenvalue weighted by Gasteiger charge is -2.08. The van der Waals surface area contributed by atoms with Gasteiger partial charge in [-0.3, -0.25) is 0 Å². The van der Waals surface area contributed by atoms with Crippen LogP contribution in [-0.4, -0.2) is 24.9 Å². The summed E-state index contributed by atoms with van der Waals surface area (Å²) in [5, 5.41) is 2.01. The van der Waals surface area contributed by atoms with Gasteiger partial charge in [0.05, 0.1) is 11.4 Å². The lowest BCUT2D eigenvalue weighted by Crippen LogP contribution is -2.00. The van der Waals surface area contributed by atoms with Gasteiger partial charge in [0, 0.05) is 50.6 Å². The molecule has 0 amide bonds. The number of rotatable bonds is 4. The lowest BCUT2D eigenvalue weighted by atomic mass is 10.0. The van der Waals surface area contributed by atoms with Crippen LogP contribution >= 0.6 is 0 Å². The second kappa shape index (κ2) is 9.78. The maximum absolute atomic E-state index is 6.28. The summed E-state index contributed by atoms with van der Waals surface area (Å²) < 4.78 is 6.28. The van der Waals surface area contributed by atoms with E-state index in [1.54, 1.807) is 6.33 Å². The second-order valence-corrected chi connectivity index (χ2v) is 10.9. The van der Waals surface area contributed by atoms with Gasteiger partial charge in [-0.2, -0.15) is 0 Å².